The molecule has 1 fully saturated rings. The first-order valence-electron chi connectivity index (χ1n) is 6.13. The average molecular weight is 269 g/mol. The summed E-state index contributed by atoms with van der Waals surface area (Å²) in [5.74, 6) is -0.0315. The van der Waals surface area contributed by atoms with Gasteiger partial charge < -0.3 is 15.0 Å². The summed E-state index contributed by atoms with van der Waals surface area (Å²) in [4.78, 5) is 13.6. The van der Waals surface area contributed by atoms with Crippen molar-refractivity contribution in [1.29, 1.82) is 0 Å². The van der Waals surface area contributed by atoms with E-state index in [9.17, 15) is 4.79 Å². The van der Waals surface area contributed by atoms with Crippen LogP contribution in [0.5, 0.6) is 0 Å². The standard InChI is InChI=1S/C13H17ClN2O2/c1-2-13(17)15-12-9-10(3-4-11(12)14)16-5-7-18-8-6-16/h3-4,9H,2,5-8H2,1H3,(H,15,17). The van der Waals surface area contributed by atoms with Crippen molar-refractivity contribution >= 4 is 28.9 Å². The molecule has 0 spiro atoms. The molecular weight excluding hydrogens is 252 g/mol. The molecule has 1 aliphatic rings. The molecule has 0 atom stereocenters. The van der Waals surface area contributed by atoms with Crippen LogP contribution < -0.4 is 10.2 Å². The number of nitrogens with zero attached hydrogens (tertiary/aromatic N) is 1. The van der Waals surface area contributed by atoms with E-state index in [1.165, 1.54) is 0 Å². The van der Waals surface area contributed by atoms with Gasteiger partial charge in [-0.2, -0.15) is 0 Å². The summed E-state index contributed by atoms with van der Waals surface area (Å²) in [7, 11) is 0. The molecular formula is C13H17ClN2O2. The lowest BCUT2D eigenvalue weighted by Gasteiger charge is -2.29. The summed E-state index contributed by atoms with van der Waals surface area (Å²) < 4.78 is 5.32. The number of halogens is 1. The summed E-state index contributed by atoms with van der Waals surface area (Å²) in [6.07, 6.45) is 0.443. The Bertz CT molecular complexity index is 431. The summed E-state index contributed by atoms with van der Waals surface area (Å²) in [6.45, 7) is 5.01. The Morgan fingerprint density at radius 2 is 2.17 bits per heavy atom. The lowest BCUT2D eigenvalue weighted by Crippen LogP contribution is -2.36. The second-order valence-electron chi connectivity index (χ2n) is 4.17. The third-order valence-electron chi connectivity index (χ3n) is 2.92. The van der Waals surface area contributed by atoms with Gasteiger partial charge in [0, 0.05) is 25.2 Å². The molecule has 1 heterocycles. The molecule has 1 amide bonds. The average Bonchev–Trinajstić information content (AvgIpc) is 2.42. The molecule has 0 unspecified atom stereocenters. The fourth-order valence-electron chi connectivity index (χ4n) is 1.87. The van der Waals surface area contributed by atoms with Crippen LogP contribution in [0.1, 0.15) is 13.3 Å². The van der Waals surface area contributed by atoms with Crippen molar-refractivity contribution in [2.75, 3.05) is 36.5 Å². The summed E-state index contributed by atoms with van der Waals surface area (Å²) in [5.41, 5.74) is 1.74. The number of hydrogen-bond acceptors (Lipinski definition) is 3. The van der Waals surface area contributed by atoms with Crippen molar-refractivity contribution in [2.45, 2.75) is 13.3 Å². The molecule has 98 valence electrons. The zero-order valence-electron chi connectivity index (χ0n) is 10.4. The third kappa shape index (κ3) is 3.15. The van der Waals surface area contributed by atoms with E-state index in [0.717, 1.165) is 32.0 Å². The van der Waals surface area contributed by atoms with Gasteiger partial charge in [0.15, 0.2) is 0 Å². The predicted octanol–water partition coefficient (Wildman–Crippen LogP) is 2.53. The van der Waals surface area contributed by atoms with Gasteiger partial charge in [-0.1, -0.05) is 18.5 Å². The molecule has 1 saturated heterocycles. The van der Waals surface area contributed by atoms with Gasteiger partial charge in [-0.15, -0.1) is 0 Å². The number of hydrogen-bond donors (Lipinski definition) is 1. The first-order valence-corrected chi connectivity index (χ1v) is 6.50. The van der Waals surface area contributed by atoms with E-state index in [-0.39, 0.29) is 5.91 Å². The third-order valence-corrected chi connectivity index (χ3v) is 3.25. The van der Waals surface area contributed by atoms with Crippen LogP contribution >= 0.6 is 11.6 Å². The molecule has 0 aromatic heterocycles. The van der Waals surface area contributed by atoms with Gasteiger partial charge in [0.05, 0.1) is 23.9 Å². The number of carbonyl (C=O) groups is 1. The number of rotatable bonds is 3. The highest BCUT2D eigenvalue weighted by atomic mass is 35.5. The van der Waals surface area contributed by atoms with Gasteiger partial charge in [0.2, 0.25) is 5.91 Å². The number of benzene rings is 1. The van der Waals surface area contributed by atoms with Crippen LogP contribution in [0.2, 0.25) is 5.02 Å². The fraction of sp³-hybridized carbons (Fsp3) is 0.462. The number of carbonyl (C=O) groups excluding carboxylic acids is 1. The van der Waals surface area contributed by atoms with E-state index in [4.69, 9.17) is 16.3 Å². The zero-order valence-corrected chi connectivity index (χ0v) is 11.2. The molecule has 5 heteroatoms. The Kier molecular flexibility index (Phi) is 4.44. The first-order chi connectivity index (χ1) is 8.70. The minimum atomic E-state index is -0.0315. The quantitative estimate of drug-likeness (QED) is 0.916. The largest absolute Gasteiger partial charge is 0.378 e. The Balaban J connectivity index is 2.16. The molecule has 1 aromatic rings. The second kappa shape index (κ2) is 6.07. The molecule has 0 aliphatic carbocycles. The smallest absolute Gasteiger partial charge is 0.224 e. The normalized spacial score (nSPS) is 15.6. The van der Waals surface area contributed by atoms with Crippen molar-refractivity contribution in [1.82, 2.24) is 0 Å². The van der Waals surface area contributed by atoms with E-state index in [2.05, 4.69) is 10.2 Å². The number of morpholine rings is 1. The number of nitrogens with one attached hydrogen (secondary N) is 1. The highest BCUT2D eigenvalue weighted by Crippen LogP contribution is 2.28. The fourth-order valence-corrected chi connectivity index (χ4v) is 2.03. The highest BCUT2D eigenvalue weighted by Gasteiger charge is 2.13. The summed E-state index contributed by atoms with van der Waals surface area (Å²) >= 11 is 6.08. The lowest BCUT2D eigenvalue weighted by atomic mass is 10.2. The number of amides is 1. The van der Waals surface area contributed by atoms with Crippen LogP contribution in [0.4, 0.5) is 11.4 Å². The van der Waals surface area contributed by atoms with E-state index >= 15 is 0 Å². The Morgan fingerprint density at radius 3 is 2.83 bits per heavy atom. The Morgan fingerprint density at radius 1 is 1.44 bits per heavy atom. The summed E-state index contributed by atoms with van der Waals surface area (Å²) in [5, 5.41) is 3.37. The van der Waals surface area contributed by atoms with E-state index in [1.54, 1.807) is 0 Å². The van der Waals surface area contributed by atoms with E-state index in [1.807, 2.05) is 25.1 Å². The maximum Gasteiger partial charge on any atom is 0.224 e. The zero-order chi connectivity index (χ0) is 13.0. The van der Waals surface area contributed by atoms with Gasteiger partial charge in [-0.3, -0.25) is 4.79 Å². The Labute approximate surface area is 112 Å². The number of ether oxygens (including phenoxy) is 1. The van der Waals surface area contributed by atoms with Gasteiger partial charge in [-0.25, -0.2) is 0 Å². The molecule has 4 nitrogen and oxygen atoms in total. The van der Waals surface area contributed by atoms with Gasteiger partial charge in [0.25, 0.3) is 0 Å². The van der Waals surface area contributed by atoms with E-state index < -0.39 is 0 Å². The van der Waals surface area contributed by atoms with Crippen LogP contribution in [0.3, 0.4) is 0 Å². The molecule has 0 saturated carbocycles. The van der Waals surface area contributed by atoms with Gasteiger partial charge >= 0.3 is 0 Å². The lowest BCUT2D eigenvalue weighted by molar-refractivity contribution is -0.115. The van der Waals surface area contributed by atoms with Crippen molar-refractivity contribution in [2.24, 2.45) is 0 Å². The van der Waals surface area contributed by atoms with Crippen LogP contribution in [-0.4, -0.2) is 32.2 Å². The molecule has 1 aliphatic heterocycles. The maximum absolute atomic E-state index is 11.4. The molecule has 1 N–H and O–H groups in total. The van der Waals surface area contributed by atoms with Crippen molar-refractivity contribution in [3.8, 4) is 0 Å². The second-order valence-corrected chi connectivity index (χ2v) is 4.57. The summed E-state index contributed by atoms with van der Waals surface area (Å²) in [6, 6.07) is 5.70. The van der Waals surface area contributed by atoms with Crippen molar-refractivity contribution in [3.05, 3.63) is 23.2 Å². The molecule has 0 radical (unpaired) electrons. The first kappa shape index (κ1) is 13.2. The van der Waals surface area contributed by atoms with Crippen LogP contribution in [0.15, 0.2) is 18.2 Å². The molecule has 1 aromatic carbocycles. The van der Waals surface area contributed by atoms with Crippen LogP contribution in [-0.2, 0) is 9.53 Å². The molecule has 18 heavy (non-hydrogen) atoms. The Hall–Kier alpha value is -1.26. The van der Waals surface area contributed by atoms with Gasteiger partial charge in [0.1, 0.15) is 0 Å². The van der Waals surface area contributed by atoms with Crippen LogP contribution in [0.25, 0.3) is 0 Å². The predicted molar refractivity (Wildman–Crippen MR) is 73.4 cm³/mol. The number of anilines is 2. The topological polar surface area (TPSA) is 41.6 Å². The van der Waals surface area contributed by atoms with Gasteiger partial charge in [-0.05, 0) is 18.2 Å². The van der Waals surface area contributed by atoms with Crippen LogP contribution in [0, 0.1) is 0 Å². The highest BCUT2D eigenvalue weighted by molar-refractivity contribution is 6.33. The molecule has 0 bridgehead atoms. The van der Waals surface area contributed by atoms with E-state index in [0.29, 0.717) is 17.1 Å². The minimum Gasteiger partial charge on any atom is -0.378 e. The monoisotopic (exact) mass is 268 g/mol. The van der Waals surface area contributed by atoms with Crippen molar-refractivity contribution < 1.29 is 9.53 Å². The maximum atomic E-state index is 11.4. The van der Waals surface area contributed by atoms with Crippen molar-refractivity contribution in [3.63, 3.8) is 0 Å². The SMILES string of the molecule is CCC(=O)Nc1cc(N2CCOCC2)ccc1Cl. The minimum absolute atomic E-state index is 0.0315. The molecule has 2 rings (SSSR count).